The number of anilines is 1. The van der Waals surface area contributed by atoms with Crippen molar-refractivity contribution < 1.29 is 0 Å². The third-order valence-corrected chi connectivity index (χ3v) is 2.69. The second kappa shape index (κ2) is 6.25. The zero-order chi connectivity index (χ0) is 10.4. The molecule has 0 saturated heterocycles. The molecule has 1 rings (SSSR count). The Hall–Kier alpha value is -0.280. The highest BCUT2D eigenvalue weighted by Crippen LogP contribution is 2.22. The van der Waals surface area contributed by atoms with Gasteiger partial charge < -0.3 is 5.32 Å². The predicted molar refractivity (Wildman–Crippen MR) is 65.0 cm³/mol. The van der Waals surface area contributed by atoms with Crippen molar-refractivity contribution in [3.8, 4) is 0 Å². The van der Waals surface area contributed by atoms with Crippen molar-refractivity contribution in [2.45, 2.75) is 26.2 Å². The first-order valence-corrected chi connectivity index (χ1v) is 5.96. The van der Waals surface area contributed by atoms with E-state index in [4.69, 9.17) is 11.6 Å². The smallest absolute Gasteiger partial charge is 0.140 e. The summed E-state index contributed by atoms with van der Waals surface area (Å²) >= 11 is 9.19. The number of hydrogen-bond donors (Lipinski definition) is 1. The molecule has 0 saturated carbocycles. The molecule has 0 atom stereocenters. The minimum atomic E-state index is 0.649. The zero-order valence-corrected chi connectivity index (χ0v) is 10.5. The van der Waals surface area contributed by atoms with Gasteiger partial charge in [0.1, 0.15) is 5.82 Å². The number of rotatable bonds is 5. The normalized spacial score (nSPS) is 10.2. The molecular weight excluding hydrogens is 263 g/mol. The van der Waals surface area contributed by atoms with Crippen LogP contribution in [0.3, 0.4) is 0 Å². The highest BCUT2D eigenvalue weighted by atomic mass is 79.9. The van der Waals surface area contributed by atoms with E-state index in [1.165, 1.54) is 19.3 Å². The van der Waals surface area contributed by atoms with Crippen LogP contribution in [0.4, 0.5) is 5.82 Å². The van der Waals surface area contributed by atoms with Crippen LogP contribution >= 0.6 is 27.5 Å². The Bertz CT molecular complexity index is 291. The molecule has 1 aromatic heterocycles. The van der Waals surface area contributed by atoms with E-state index in [0.717, 1.165) is 16.8 Å². The third-order valence-electron chi connectivity index (χ3n) is 1.88. The molecule has 1 aromatic rings. The number of pyridine rings is 1. The molecule has 0 aromatic carbocycles. The van der Waals surface area contributed by atoms with E-state index in [1.54, 1.807) is 6.20 Å². The van der Waals surface area contributed by atoms with E-state index in [2.05, 4.69) is 33.2 Å². The van der Waals surface area contributed by atoms with Gasteiger partial charge in [-0.1, -0.05) is 31.4 Å². The fourth-order valence-electron chi connectivity index (χ4n) is 1.13. The highest BCUT2D eigenvalue weighted by Gasteiger charge is 2.00. The Kier molecular flexibility index (Phi) is 5.26. The van der Waals surface area contributed by atoms with Gasteiger partial charge in [-0.3, -0.25) is 0 Å². The molecular formula is C10H14BrClN2. The lowest BCUT2D eigenvalue weighted by Gasteiger charge is -2.06. The molecule has 0 aliphatic heterocycles. The third kappa shape index (κ3) is 3.84. The fraction of sp³-hybridized carbons (Fsp3) is 0.500. The monoisotopic (exact) mass is 276 g/mol. The Morgan fingerprint density at radius 1 is 1.50 bits per heavy atom. The molecule has 0 aliphatic rings. The van der Waals surface area contributed by atoms with Crippen molar-refractivity contribution >= 4 is 33.3 Å². The topological polar surface area (TPSA) is 24.9 Å². The molecule has 0 radical (unpaired) electrons. The summed E-state index contributed by atoms with van der Waals surface area (Å²) in [6.45, 7) is 3.15. The van der Waals surface area contributed by atoms with Crippen molar-refractivity contribution in [3.63, 3.8) is 0 Å². The average Bonchev–Trinajstić information content (AvgIpc) is 2.15. The largest absolute Gasteiger partial charge is 0.369 e. The van der Waals surface area contributed by atoms with Gasteiger partial charge in [-0.25, -0.2) is 4.98 Å². The van der Waals surface area contributed by atoms with Crippen molar-refractivity contribution in [2.24, 2.45) is 0 Å². The fourth-order valence-corrected chi connectivity index (χ4v) is 1.91. The second-order valence-corrected chi connectivity index (χ2v) is 4.41. The lowest BCUT2D eigenvalue weighted by Crippen LogP contribution is -2.03. The first kappa shape index (κ1) is 11.8. The van der Waals surface area contributed by atoms with E-state index in [-0.39, 0.29) is 0 Å². The van der Waals surface area contributed by atoms with Crippen LogP contribution in [0.5, 0.6) is 0 Å². The summed E-state index contributed by atoms with van der Waals surface area (Å²) in [5, 5.41) is 3.91. The van der Waals surface area contributed by atoms with E-state index < -0.39 is 0 Å². The molecule has 14 heavy (non-hydrogen) atoms. The van der Waals surface area contributed by atoms with Gasteiger partial charge in [-0.2, -0.15) is 0 Å². The maximum absolute atomic E-state index is 5.78. The van der Waals surface area contributed by atoms with Crippen LogP contribution in [0.15, 0.2) is 16.7 Å². The molecule has 0 fully saturated rings. The summed E-state index contributed by atoms with van der Waals surface area (Å²) in [4.78, 5) is 4.19. The van der Waals surface area contributed by atoms with Gasteiger partial charge >= 0.3 is 0 Å². The van der Waals surface area contributed by atoms with Crippen molar-refractivity contribution in [1.82, 2.24) is 4.98 Å². The number of hydrogen-bond acceptors (Lipinski definition) is 2. The van der Waals surface area contributed by atoms with Crippen LogP contribution in [0, 0.1) is 0 Å². The van der Waals surface area contributed by atoms with Gasteiger partial charge in [0.05, 0.1) is 9.50 Å². The SMILES string of the molecule is CCCCCNc1ncc(Cl)cc1Br. The molecule has 0 bridgehead atoms. The van der Waals surface area contributed by atoms with Gasteiger partial charge in [0.15, 0.2) is 0 Å². The van der Waals surface area contributed by atoms with Gasteiger partial charge in [0, 0.05) is 12.7 Å². The van der Waals surface area contributed by atoms with Gasteiger partial charge in [-0.05, 0) is 28.4 Å². The van der Waals surface area contributed by atoms with Crippen LogP contribution in [0.25, 0.3) is 0 Å². The van der Waals surface area contributed by atoms with Gasteiger partial charge in [0.25, 0.3) is 0 Å². The molecule has 78 valence electrons. The number of nitrogens with zero attached hydrogens (tertiary/aromatic N) is 1. The van der Waals surface area contributed by atoms with E-state index in [0.29, 0.717) is 5.02 Å². The second-order valence-electron chi connectivity index (χ2n) is 3.12. The first-order chi connectivity index (χ1) is 6.74. The molecule has 1 heterocycles. The molecule has 0 aliphatic carbocycles. The number of nitrogens with one attached hydrogen (secondary N) is 1. The van der Waals surface area contributed by atoms with Crippen LogP contribution in [0.1, 0.15) is 26.2 Å². The lowest BCUT2D eigenvalue weighted by atomic mass is 10.2. The Labute approximate surface area is 98.2 Å². The van der Waals surface area contributed by atoms with Crippen LogP contribution < -0.4 is 5.32 Å². The zero-order valence-electron chi connectivity index (χ0n) is 8.19. The summed E-state index contributed by atoms with van der Waals surface area (Å²) in [6, 6.07) is 1.84. The summed E-state index contributed by atoms with van der Waals surface area (Å²) in [5.74, 6) is 0.866. The molecule has 0 spiro atoms. The van der Waals surface area contributed by atoms with Gasteiger partial charge in [-0.15, -0.1) is 0 Å². The van der Waals surface area contributed by atoms with E-state index >= 15 is 0 Å². The lowest BCUT2D eigenvalue weighted by molar-refractivity contribution is 0.742. The van der Waals surface area contributed by atoms with E-state index in [9.17, 15) is 0 Å². The molecule has 1 N–H and O–H groups in total. The maximum atomic E-state index is 5.78. The average molecular weight is 278 g/mol. The Morgan fingerprint density at radius 3 is 2.93 bits per heavy atom. The minimum absolute atomic E-state index is 0.649. The first-order valence-electron chi connectivity index (χ1n) is 4.79. The number of halogens is 2. The molecule has 0 amide bonds. The minimum Gasteiger partial charge on any atom is -0.369 e. The Morgan fingerprint density at radius 2 is 2.29 bits per heavy atom. The summed E-state index contributed by atoms with van der Waals surface area (Å²) in [7, 11) is 0. The van der Waals surface area contributed by atoms with Crippen molar-refractivity contribution in [1.29, 1.82) is 0 Å². The van der Waals surface area contributed by atoms with Crippen molar-refractivity contribution in [3.05, 3.63) is 21.8 Å². The van der Waals surface area contributed by atoms with Gasteiger partial charge in [0.2, 0.25) is 0 Å². The molecule has 2 nitrogen and oxygen atoms in total. The quantitative estimate of drug-likeness (QED) is 0.820. The standard InChI is InChI=1S/C10H14BrClN2/c1-2-3-4-5-13-10-9(11)6-8(12)7-14-10/h6-7H,2-5H2,1H3,(H,13,14). The van der Waals surface area contributed by atoms with Crippen LogP contribution in [0.2, 0.25) is 5.02 Å². The number of aromatic nitrogens is 1. The Balaban J connectivity index is 2.42. The van der Waals surface area contributed by atoms with Crippen molar-refractivity contribution in [2.75, 3.05) is 11.9 Å². The van der Waals surface area contributed by atoms with Crippen LogP contribution in [-0.2, 0) is 0 Å². The summed E-state index contributed by atoms with van der Waals surface area (Å²) < 4.78 is 0.918. The molecule has 4 heteroatoms. The summed E-state index contributed by atoms with van der Waals surface area (Å²) in [6.07, 6.45) is 5.30. The number of unbranched alkanes of at least 4 members (excludes halogenated alkanes) is 2. The maximum Gasteiger partial charge on any atom is 0.140 e. The van der Waals surface area contributed by atoms with E-state index in [1.807, 2.05) is 6.07 Å². The molecule has 0 unspecified atom stereocenters. The highest BCUT2D eigenvalue weighted by molar-refractivity contribution is 9.10. The summed E-state index contributed by atoms with van der Waals surface area (Å²) in [5.41, 5.74) is 0. The van der Waals surface area contributed by atoms with Crippen LogP contribution in [-0.4, -0.2) is 11.5 Å². The predicted octanol–water partition coefficient (Wildman–Crippen LogP) is 4.10.